The van der Waals surface area contributed by atoms with Crippen molar-refractivity contribution in [2.45, 2.75) is 26.7 Å². The molecule has 96 valence electrons. The lowest BCUT2D eigenvalue weighted by Crippen LogP contribution is -2.29. The van der Waals surface area contributed by atoms with E-state index in [0.717, 1.165) is 18.9 Å². The van der Waals surface area contributed by atoms with Gasteiger partial charge in [-0.15, -0.1) is 0 Å². The van der Waals surface area contributed by atoms with Crippen LogP contribution in [0.3, 0.4) is 0 Å². The van der Waals surface area contributed by atoms with E-state index in [-0.39, 0.29) is 11.2 Å². The van der Waals surface area contributed by atoms with Crippen molar-refractivity contribution in [2.75, 3.05) is 12.4 Å². The van der Waals surface area contributed by atoms with Crippen LogP contribution in [0.2, 0.25) is 0 Å². The molecule has 0 fully saturated rings. The normalized spacial score (nSPS) is 11.6. The van der Waals surface area contributed by atoms with E-state index in [1.165, 1.54) is 12.1 Å². The van der Waals surface area contributed by atoms with Crippen molar-refractivity contribution < 1.29 is 13.5 Å². The van der Waals surface area contributed by atoms with Crippen LogP contribution in [-0.4, -0.2) is 12.4 Å². The van der Waals surface area contributed by atoms with Crippen LogP contribution in [0.25, 0.3) is 0 Å². The minimum absolute atomic E-state index is 0.0516. The Morgan fingerprint density at radius 2 is 1.88 bits per heavy atom. The second-order valence-corrected chi connectivity index (χ2v) is 4.54. The standard InChI is InChI=1S/C13H18F2OS/c1-3-13(4-2,9-17)8-16-12-6-5-10(14)7-11(12)15/h5-7,17H,3-4,8-9H2,1-2H3. The molecule has 4 heteroatoms. The SMILES string of the molecule is CCC(CC)(CS)COc1ccc(F)cc1F. The molecule has 1 rings (SSSR count). The van der Waals surface area contributed by atoms with Crippen molar-refractivity contribution in [3.8, 4) is 5.75 Å². The van der Waals surface area contributed by atoms with Crippen molar-refractivity contribution in [3.63, 3.8) is 0 Å². The summed E-state index contributed by atoms with van der Waals surface area (Å²) in [6, 6.07) is 3.34. The molecule has 1 aromatic rings. The Hall–Kier alpha value is -0.770. The van der Waals surface area contributed by atoms with Crippen LogP contribution in [0.5, 0.6) is 5.75 Å². The summed E-state index contributed by atoms with van der Waals surface area (Å²) >= 11 is 4.32. The van der Waals surface area contributed by atoms with Gasteiger partial charge in [0, 0.05) is 11.5 Å². The van der Waals surface area contributed by atoms with Gasteiger partial charge in [0.05, 0.1) is 6.61 Å². The molecule has 0 radical (unpaired) electrons. The molecule has 0 spiro atoms. The summed E-state index contributed by atoms with van der Waals surface area (Å²) < 4.78 is 31.5. The molecule has 0 aliphatic heterocycles. The lowest BCUT2D eigenvalue weighted by atomic mass is 9.85. The zero-order valence-corrected chi connectivity index (χ0v) is 11.1. The van der Waals surface area contributed by atoms with Crippen LogP contribution in [0, 0.1) is 17.0 Å². The molecular formula is C13H18F2OS. The Balaban J connectivity index is 2.72. The fraction of sp³-hybridized carbons (Fsp3) is 0.538. The lowest BCUT2D eigenvalue weighted by Gasteiger charge is -2.29. The quantitative estimate of drug-likeness (QED) is 0.758. The number of hydrogen-bond acceptors (Lipinski definition) is 2. The summed E-state index contributed by atoms with van der Waals surface area (Å²) in [5, 5.41) is 0. The maximum Gasteiger partial charge on any atom is 0.167 e. The molecule has 0 unspecified atom stereocenters. The van der Waals surface area contributed by atoms with Gasteiger partial charge < -0.3 is 4.74 Å². The summed E-state index contributed by atoms with van der Waals surface area (Å²) in [4.78, 5) is 0. The van der Waals surface area contributed by atoms with E-state index in [0.29, 0.717) is 12.4 Å². The molecule has 1 aromatic carbocycles. The molecule has 0 saturated carbocycles. The maximum absolute atomic E-state index is 13.4. The van der Waals surface area contributed by atoms with E-state index >= 15 is 0 Å². The highest BCUT2D eigenvalue weighted by Crippen LogP contribution is 2.29. The van der Waals surface area contributed by atoms with Gasteiger partial charge in [0.1, 0.15) is 5.82 Å². The number of halogens is 2. The smallest absolute Gasteiger partial charge is 0.167 e. The molecule has 17 heavy (non-hydrogen) atoms. The first-order valence-corrected chi connectivity index (χ1v) is 6.39. The third kappa shape index (κ3) is 3.60. The summed E-state index contributed by atoms with van der Waals surface area (Å²) in [7, 11) is 0. The fourth-order valence-electron chi connectivity index (χ4n) is 1.55. The van der Waals surface area contributed by atoms with Gasteiger partial charge in [-0.05, 0) is 30.7 Å². The maximum atomic E-state index is 13.4. The van der Waals surface area contributed by atoms with Crippen LogP contribution in [0.15, 0.2) is 18.2 Å². The third-order valence-electron chi connectivity index (χ3n) is 3.26. The Kier molecular flexibility index (Phi) is 5.25. The van der Waals surface area contributed by atoms with Gasteiger partial charge in [0.15, 0.2) is 11.6 Å². The molecule has 0 aromatic heterocycles. The first-order valence-electron chi connectivity index (χ1n) is 5.75. The zero-order valence-electron chi connectivity index (χ0n) is 10.2. The van der Waals surface area contributed by atoms with E-state index in [4.69, 9.17) is 4.74 Å². The molecule has 0 amide bonds. The second-order valence-electron chi connectivity index (χ2n) is 4.23. The lowest BCUT2D eigenvalue weighted by molar-refractivity contribution is 0.152. The molecule has 1 nitrogen and oxygen atoms in total. The van der Waals surface area contributed by atoms with Gasteiger partial charge >= 0.3 is 0 Å². The van der Waals surface area contributed by atoms with Crippen molar-refractivity contribution in [3.05, 3.63) is 29.8 Å². The average Bonchev–Trinajstić information content (AvgIpc) is 2.33. The molecule has 0 saturated heterocycles. The van der Waals surface area contributed by atoms with E-state index in [1.54, 1.807) is 0 Å². The number of benzene rings is 1. The van der Waals surface area contributed by atoms with Gasteiger partial charge in [-0.25, -0.2) is 8.78 Å². The summed E-state index contributed by atoms with van der Waals surface area (Å²) in [6.45, 7) is 4.51. The zero-order chi connectivity index (χ0) is 12.9. The predicted molar refractivity (Wildman–Crippen MR) is 68.7 cm³/mol. The van der Waals surface area contributed by atoms with Crippen LogP contribution in [-0.2, 0) is 0 Å². The van der Waals surface area contributed by atoms with Gasteiger partial charge in [-0.2, -0.15) is 12.6 Å². The second kappa shape index (κ2) is 6.24. The highest BCUT2D eigenvalue weighted by Gasteiger charge is 2.25. The van der Waals surface area contributed by atoms with Gasteiger partial charge in [-0.3, -0.25) is 0 Å². The topological polar surface area (TPSA) is 9.23 Å². The molecule has 0 bridgehead atoms. The van der Waals surface area contributed by atoms with E-state index in [9.17, 15) is 8.78 Å². The minimum Gasteiger partial charge on any atom is -0.490 e. The first kappa shape index (κ1) is 14.3. The number of ether oxygens (including phenoxy) is 1. The molecule has 0 N–H and O–H groups in total. The summed E-state index contributed by atoms with van der Waals surface area (Å²) in [5.74, 6) is -0.478. The Labute approximate surface area is 107 Å². The molecule has 0 atom stereocenters. The minimum atomic E-state index is -0.662. The Bertz CT molecular complexity index is 356. The van der Waals surface area contributed by atoms with E-state index < -0.39 is 11.6 Å². The van der Waals surface area contributed by atoms with Crippen molar-refractivity contribution in [1.82, 2.24) is 0 Å². The van der Waals surface area contributed by atoms with Crippen LogP contribution < -0.4 is 4.74 Å². The number of thiol groups is 1. The third-order valence-corrected chi connectivity index (χ3v) is 3.93. The van der Waals surface area contributed by atoms with Crippen molar-refractivity contribution in [1.29, 1.82) is 0 Å². The Morgan fingerprint density at radius 1 is 1.24 bits per heavy atom. The van der Waals surface area contributed by atoms with Gasteiger partial charge in [0.2, 0.25) is 0 Å². The van der Waals surface area contributed by atoms with Gasteiger partial charge in [0.25, 0.3) is 0 Å². The van der Waals surface area contributed by atoms with Crippen molar-refractivity contribution >= 4 is 12.6 Å². The highest BCUT2D eigenvalue weighted by molar-refractivity contribution is 7.80. The van der Waals surface area contributed by atoms with Crippen LogP contribution >= 0.6 is 12.6 Å². The molecular weight excluding hydrogens is 242 g/mol. The molecule has 0 heterocycles. The monoisotopic (exact) mass is 260 g/mol. The van der Waals surface area contributed by atoms with E-state index in [1.807, 2.05) is 0 Å². The van der Waals surface area contributed by atoms with Crippen molar-refractivity contribution in [2.24, 2.45) is 5.41 Å². The number of rotatable bonds is 6. The summed E-state index contributed by atoms with van der Waals surface area (Å²) in [6.07, 6.45) is 1.83. The number of hydrogen-bond donors (Lipinski definition) is 1. The van der Waals surface area contributed by atoms with E-state index in [2.05, 4.69) is 26.5 Å². The fourth-order valence-corrected chi connectivity index (χ4v) is 2.08. The highest BCUT2D eigenvalue weighted by atomic mass is 32.1. The molecule has 0 aliphatic carbocycles. The average molecular weight is 260 g/mol. The van der Waals surface area contributed by atoms with Gasteiger partial charge in [-0.1, -0.05) is 13.8 Å². The molecule has 0 aliphatic rings. The Morgan fingerprint density at radius 3 is 2.35 bits per heavy atom. The summed E-state index contributed by atoms with van der Waals surface area (Å²) in [5.41, 5.74) is -0.0516. The largest absolute Gasteiger partial charge is 0.490 e. The van der Waals surface area contributed by atoms with Crippen LogP contribution in [0.1, 0.15) is 26.7 Å². The predicted octanol–water partition coefficient (Wildman–Crippen LogP) is 4.08. The first-order chi connectivity index (χ1) is 8.06. The van der Waals surface area contributed by atoms with Crippen LogP contribution in [0.4, 0.5) is 8.78 Å².